The topological polar surface area (TPSA) is 49.3 Å². The first kappa shape index (κ1) is 14.5. The zero-order valence-corrected chi connectivity index (χ0v) is 12.1. The van der Waals surface area contributed by atoms with E-state index in [1.54, 1.807) is 18.2 Å². The Labute approximate surface area is 123 Å². The smallest absolute Gasteiger partial charge is 0.234 e. The van der Waals surface area contributed by atoms with Crippen LogP contribution in [-0.4, -0.2) is 16.8 Å². The summed E-state index contributed by atoms with van der Waals surface area (Å²) < 4.78 is 0. The number of hydrogen-bond acceptors (Lipinski definition) is 3. The van der Waals surface area contributed by atoms with Gasteiger partial charge in [-0.1, -0.05) is 25.1 Å². The summed E-state index contributed by atoms with van der Waals surface area (Å²) in [4.78, 5) is 12.7. The van der Waals surface area contributed by atoms with Gasteiger partial charge in [-0.05, 0) is 42.3 Å². The van der Waals surface area contributed by atoms with Gasteiger partial charge in [-0.25, -0.2) is 0 Å². The second kappa shape index (κ2) is 7.01. The predicted molar refractivity (Wildman–Crippen MR) is 83.3 cm³/mol. The van der Waals surface area contributed by atoms with Crippen LogP contribution in [0.3, 0.4) is 0 Å². The molecule has 0 bridgehead atoms. The monoisotopic (exact) mass is 287 g/mol. The fraction of sp³-hybridized carbons (Fsp3) is 0.188. The molecule has 2 N–H and O–H groups in total. The van der Waals surface area contributed by atoms with Crippen molar-refractivity contribution >= 4 is 23.4 Å². The van der Waals surface area contributed by atoms with Crippen LogP contribution in [0.15, 0.2) is 53.4 Å². The van der Waals surface area contributed by atoms with Crippen molar-refractivity contribution in [3.8, 4) is 5.75 Å². The quantitative estimate of drug-likeness (QED) is 0.825. The molecule has 0 saturated heterocycles. The summed E-state index contributed by atoms with van der Waals surface area (Å²) in [5.74, 6) is 0.479. The molecule has 104 valence electrons. The van der Waals surface area contributed by atoms with Crippen LogP contribution in [-0.2, 0) is 11.2 Å². The van der Waals surface area contributed by atoms with Crippen LogP contribution in [0.5, 0.6) is 5.75 Å². The number of carbonyl (C=O) groups excluding carboxylic acids is 1. The third-order valence-electron chi connectivity index (χ3n) is 2.83. The lowest BCUT2D eigenvalue weighted by Gasteiger charge is -2.06. The molecule has 0 aliphatic rings. The number of benzene rings is 2. The van der Waals surface area contributed by atoms with E-state index in [0.717, 1.165) is 17.0 Å². The van der Waals surface area contributed by atoms with Crippen molar-refractivity contribution in [2.75, 3.05) is 11.1 Å². The number of amides is 1. The van der Waals surface area contributed by atoms with Gasteiger partial charge in [0.05, 0.1) is 5.75 Å². The van der Waals surface area contributed by atoms with Gasteiger partial charge in [-0.15, -0.1) is 11.8 Å². The average Bonchev–Trinajstić information content (AvgIpc) is 2.46. The Morgan fingerprint density at radius 1 is 1.20 bits per heavy atom. The summed E-state index contributed by atoms with van der Waals surface area (Å²) in [6.45, 7) is 2.10. The lowest BCUT2D eigenvalue weighted by molar-refractivity contribution is -0.113. The van der Waals surface area contributed by atoms with E-state index >= 15 is 0 Å². The minimum Gasteiger partial charge on any atom is -0.508 e. The summed E-state index contributed by atoms with van der Waals surface area (Å²) in [6.07, 6.45) is 0.988. The molecule has 0 atom stereocenters. The van der Waals surface area contributed by atoms with Gasteiger partial charge in [0, 0.05) is 10.6 Å². The molecule has 0 radical (unpaired) electrons. The van der Waals surface area contributed by atoms with Crippen LogP contribution in [0, 0.1) is 0 Å². The fourth-order valence-electron chi connectivity index (χ4n) is 1.74. The maximum absolute atomic E-state index is 11.8. The number of anilines is 1. The van der Waals surface area contributed by atoms with Gasteiger partial charge in [-0.3, -0.25) is 4.79 Å². The number of hydrogen-bond donors (Lipinski definition) is 2. The minimum absolute atomic E-state index is 0.0532. The number of thioether (sulfide) groups is 1. The van der Waals surface area contributed by atoms with Crippen LogP contribution in [0.4, 0.5) is 5.69 Å². The maximum atomic E-state index is 11.8. The highest BCUT2D eigenvalue weighted by Gasteiger charge is 2.04. The van der Waals surface area contributed by atoms with Gasteiger partial charge in [0.2, 0.25) is 5.91 Å². The molecular formula is C16H17NO2S. The molecule has 0 aliphatic heterocycles. The molecule has 0 unspecified atom stereocenters. The highest BCUT2D eigenvalue weighted by Crippen LogP contribution is 2.22. The zero-order valence-electron chi connectivity index (χ0n) is 11.3. The summed E-state index contributed by atoms with van der Waals surface area (Å²) in [5, 5.41) is 12.2. The molecule has 20 heavy (non-hydrogen) atoms. The summed E-state index contributed by atoms with van der Waals surface area (Å²) in [7, 11) is 0. The number of aromatic hydroxyl groups is 1. The molecule has 4 heteroatoms. The van der Waals surface area contributed by atoms with Gasteiger partial charge in [0.25, 0.3) is 0 Å². The van der Waals surface area contributed by atoms with Crippen molar-refractivity contribution in [3.63, 3.8) is 0 Å². The molecule has 0 fully saturated rings. The highest BCUT2D eigenvalue weighted by atomic mass is 32.2. The normalized spacial score (nSPS) is 10.2. The Kier molecular flexibility index (Phi) is 5.07. The van der Waals surface area contributed by atoms with E-state index in [1.165, 1.54) is 17.3 Å². The number of rotatable bonds is 5. The number of carbonyl (C=O) groups is 1. The van der Waals surface area contributed by atoms with Gasteiger partial charge in [0.1, 0.15) is 5.75 Å². The van der Waals surface area contributed by atoms with Gasteiger partial charge < -0.3 is 10.4 Å². The fourth-order valence-corrected chi connectivity index (χ4v) is 2.49. The van der Waals surface area contributed by atoms with Crippen LogP contribution in [0.1, 0.15) is 12.5 Å². The first-order chi connectivity index (χ1) is 9.67. The molecule has 2 aromatic rings. The van der Waals surface area contributed by atoms with Crippen molar-refractivity contribution in [2.24, 2.45) is 0 Å². The molecule has 0 aromatic heterocycles. The highest BCUT2D eigenvalue weighted by molar-refractivity contribution is 8.00. The average molecular weight is 287 g/mol. The van der Waals surface area contributed by atoms with E-state index in [4.69, 9.17) is 0 Å². The molecule has 2 aromatic carbocycles. The maximum Gasteiger partial charge on any atom is 0.234 e. The number of phenols is 1. The van der Waals surface area contributed by atoms with Gasteiger partial charge in [-0.2, -0.15) is 0 Å². The van der Waals surface area contributed by atoms with E-state index in [0.29, 0.717) is 5.75 Å². The van der Waals surface area contributed by atoms with Crippen LogP contribution >= 0.6 is 11.8 Å². The largest absolute Gasteiger partial charge is 0.508 e. The molecule has 3 nitrogen and oxygen atoms in total. The van der Waals surface area contributed by atoms with Crippen LogP contribution < -0.4 is 5.32 Å². The Hall–Kier alpha value is -1.94. The van der Waals surface area contributed by atoms with E-state index < -0.39 is 0 Å². The van der Waals surface area contributed by atoms with Crippen molar-refractivity contribution in [3.05, 3.63) is 54.1 Å². The third kappa shape index (κ3) is 4.31. The second-order valence-electron chi connectivity index (χ2n) is 4.38. The molecule has 1 amide bonds. The Bertz CT molecular complexity index is 581. The Morgan fingerprint density at radius 2 is 1.95 bits per heavy atom. The Balaban J connectivity index is 1.85. The van der Waals surface area contributed by atoms with E-state index in [9.17, 15) is 9.90 Å². The lowest BCUT2D eigenvalue weighted by Crippen LogP contribution is -2.13. The van der Waals surface area contributed by atoms with Crippen molar-refractivity contribution in [1.82, 2.24) is 0 Å². The standard InChI is InChI=1S/C16H17NO2S/c1-2-12-6-8-13(9-7-12)17-16(19)11-20-15-5-3-4-14(18)10-15/h3-10,18H,2,11H2,1H3,(H,17,19). The van der Waals surface area contributed by atoms with Crippen molar-refractivity contribution in [1.29, 1.82) is 0 Å². The lowest BCUT2D eigenvalue weighted by atomic mass is 10.1. The Morgan fingerprint density at radius 3 is 2.60 bits per heavy atom. The molecule has 0 spiro atoms. The van der Waals surface area contributed by atoms with Gasteiger partial charge in [0.15, 0.2) is 0 Å². The van der Waals surface area contributed by atoms with Crippen molar-refractivity contribution < 1.29 is 9.90 Å². The molecule has 0 aliphatic carbocycles. The van der Waals surface area contributed by atoms with Crippen LogP contribution in [0.25, 0.3) is 0 Å². The van der Waals surface area contributed by atoms with E-state index in [-0.39, 0.29) is 11.7 Å². The number of aryl methyl sites for hydroxylation is 1. The van der Waals surface area contributed by atoms with Crippen molar-refractivity contribution in [2.45, 2.75) is 18.2 Å². The van der Waals surface area contributed by atoms with E-state index in [2.05, 4.69) is 12.2 Å². The summed E-state index contributed by atoms with van der Waals surface area (Å²) in [5.41, 5.74) is 2.06. The second-order valence-corrected chi connectivity index (χ2v) is 5.43. The summed E-state index contributed by atoms with van der Waals surface area (Å²) in [6, 6.07) is 14.7. The molecule has 0 saturated carbocycles. The number of nitrogens with one attached hydrogen (secondary N) is 1. The SMILES string of the molecule is CCc1ccc(NC(=O)CSc2cccc(O)c2)cc1. The van der Waals surface area contributed by atoms with Gasteiger partial charge >= 0.3 is 0 Å². The van der Waals surface area contributed by atoms with E-state index in [1.807, 2.05) is 30.3 Å². The molecule has 0 heterocycles. The number of phenolic OH excluding ortho intramolecular Hbond substituents is 1. The zero-order chi connectivity index (χ0) is 14.4. The molecular weight excluding hydrogens is 270 g/mol. The van der Waals surface area contributed by atoms with Crippen LogP contribution in [0.2, 0.25) is 0 Å². The predicted octanol–water partition coefficient (Wildman–Crippen LogP) is 3.69. The molecule has 2 rings (SSSR count). The third-order valence-corrected chi connectivity index (χ3v) is 3.83. The summed E-state index contributed by atoms with van der Waals surface area (Å²) >= 11 is 1.40. The first-order valence-corrected chi connectivity index (χ1v) is 7.46. The first-order valence-electron chi connectivity index (χ1n) is 6.48. The minimum atomic E-state index is -0.0532.